The number of aliphatic carboxylic acids is 1. The number of methoxy groups -OCH3 is 1. The van der Waals surface area contributed by atoms with Gasteiger partial charge in [0.1, 0.15) is 0 Å². The number of carbonyl (C=O) groups excluding carboxylic acids is 1. The minimum absolute atomic E-state index is 0.00255. The van der Waals surface area contributed by atoms with E-state index in [1.807, 2.05) is 0 Å². The minimum atomic E-state index is -0.955. The van der Waals surface area contributed by atoms with Crippen molar-refractivity contribution in [3.8, 4) is 0 Å². The minimum Gasteiger partial charge on any atom is -0.478 e. The molecule has 6 heteroatoms. The molecule has 1 unspecified atom stereocenters. The van der Waals surface area contributed by atoms with Crippen LogP contribution in [-0.4, -0.2) is 40.9 Å². The molecule has 0 aliphatic carbocycles. The maximum absolute atomic E-state index is 11.0. The van der Waals surface area contributed by atoms with E-state index in [4.69, 9.17) is 14.6 Å². The Labute approximate surface area is 118 Å². The fraction of sp³-hybridized carbons (Fsp3) is 0.692. The molecule has 0 bridgehead atoms. The molecule has 0 fully saturated rings. The summed E-state index contributed by atoms with van der Waals surface area (Å²) in [6.45, 7) is 6.55. The van der Waals surface area contributed by atoms with E-state index in [1.54, 1.807) is 19.9 Å². The van der Waals surface area contributed by atoms with E-state index in [1.165, 1.54) is 21.0 Å². The van der Waals surface area contributed by atoms with Gasteiger partial charge in [0.05, 0.1) is 6.10 Å². The second-order valence-corrected chi connectivity index (χ2v) is 5.77. The lowest BCUT2D eigenvalue weighted by Crippen LogP contribution is -2.33. The molecule has 1 N–H and O–H groups in total. The Morgan fingerprint density at radius 3 is 2.37 bits per heavy atom. The molecule has 110 valence electrons. The predicted molar refractivity (Wildman–Crippen MR) is 75.1 cm³/mol. The van der Waals surface area contributed by atoms with Crippen LogP contribution in [-0.2, 0) is 19.1 Å². The van der Waals surface area contributed by atoms with Gasteiger partial charge in [0.2, 0.25) is 0 Å². The van der Waals surface area contributed by atoms with Crippen LogP contribution in [0.25, 0.3) is 0 Å². The van der Waals surface area contributed by atoms with Crippen LogP contribution in [0.15, 0.2) is 11.6 Å². The summed E-state index contributed by atoms with van der Waals surface area (Å²) in [4.78, 5) is 21.7. The van der Waals surface area contributed by atoms with Crippen molar-refractivity contribution in [3.63, 3.8) is 0 Å². The van der Waals surface area contributed by atoms with Gasteiger partial charge in [0, 0.05) is 25.4 Å². The van der Waals surface area contributed by atoms with Gasteiger partial charge in [-0.25, -0.2) is 4.79 Å². The molecule has 0 amide bonds. The van der Waals surface area contributed by atoms with Gasteiger partial charge in [-0.3, -0.25) is 4.79 Å². The third kappa shape index (κ3) is 8.80. The molecule has 0 radical (unpaired) electrons. The van der Waals surface area contributed by atoms with Gasteiger partial charge in [-0.2, -0.15) is 0 Å². The monoisotopic (exact) mass is 290 g/mol. The van der Waals surface area contributed by atoms with Gasteiger partial charge in [-0.1, -0.05) is 17.8 Å². The fourth-order valence-electron chi connectivity index (χ4n) is 1.21. The van der Waals surface area contributed by atoms with Gasteiger partial charge in [0.15, 0.2) is 10.9 Å². The second-order valence-electron chi connectivity index (χ2n) is 4.57. The Morgan fingerprint density at radius 1 is 1.37 bits per heavy atom. The lowest BCUT2D eigenvalue weighted by atomic mass is 10.2. The summed E-state index contributed by atoms with van der Waals surface area (Å²) in [5.74, 6) is -1.26. The van der Waals surface area contributed by atoms with Crippen LogP contribution in [0.4, 0.5) is 0 Å². The first-order chi connectivity index (χ1) is 8.68. The van der Waals surface area contributed by atoms with Crippen LogP contribution in [0.2, 0.25) is 0 Å². The van der Waals surface area contributed by atoms with Crippen molar-refractivity contribution in [1.29, 1.82) is 0 Å². The molecule has 1 atom stereocenters. The smallest absolute Gasteiger partial charge is 0.330 e. The predicted octanol–water partition coefficient (Wildman–Crippen LogP) is 2.45. The highest BCUT2D eigenvalue weighted by molar-refractivity contribution is 8.13. The first-order valence-corrected chi connectivity index (χ1v) is 6.93. The van der Waals surface area contributed by atoms with Crippen LogP contribution in [0.3, 0.4) is 0 Å². The molecule has 0 aliphatic rings. The average molecular weight is 290 g/mol. The van der Waals surface area contributed by atoms with E-state index in [0.29, 0.717) is 12.2 Å². The first-order valence-electron chi connectivity index (χ1n) is 5.94. The van der Waals surface area contributed by atoms with Crippen molar-refractivity contribution in [2.45, 2.75) is 46.0 Å². The Morgan fingerprint density at radius 2 is 1.95 bits per heavy atom. The Bertz CT molecular complexity index is 349. The molecule has 19 heavy (non-hydrogen) atoms. The summed E-state index contributed by atoms with van der Waals surface area (Å²) in [7, 11) is 1.54. The molecular formula is C13H22O5S. The standard InChI is InChI=1S/C13H22O5S/c1-9(12(15)16)6-7-11(8-19-10(2)14)18-13(3,4)17-5/h6,11H,7-8H2,1-5H3,(H,15,16). The van der Waals surface area contributed by atoms with Crippen molar-refractivity contribution < 1.29 is 24.2 Å². The average Bonchev–Trinajstić information content (AvgIpc) is 2.31. The number of rotatable bonds is 8. The van der Waals surface area contributed by atoms with Gasteiger partial charge >= 0.3 is 5.97 Å². The lowest BCUT2D eigenvalue weighted by Gasteiger charge is -2.29. The highest BCUT2D eigenvalue weighted by Gasteiger charge is 2.23. The quantitative estimate of drug-likeness (QED) is 0.547. The highest BCUT2D eigenvalue weighted by atomic mass is 32.2. The lowest BCUT2D eigenvalue weighted by molar-refractivity contribution is -0.217. The van der Waals surface area contributed by atoms with Crippen molar-refractivity contribution in [2.24, 2.45) is 0 Å². The third-order valence-corrected chi connectivity index (χ3v) is 3.38. The third-order valence-electron chi connectivity index (χ3n) is 2.44. The maximum atomic E-state index is 11.0. The summed E-state index contributed by atoms with van der Waals surface area (Å²) >= 11 is 1.15. The van der Waals surface area contributed by atoms with Gasteiger partial charge in [0.25, 0.3) is 0 Å². The molecule has 0 aliphatic heterocycles. The van der Waals surface area contributed by atoms with E-state index < -0.39 is 11.8 Å². The zero-order valence-electron chi connectivity index (χ0n) is 12.1. The number of hydrogen-bond donors (Lipinski definition) is 1. The molecule has 0 aromatic heterocycles. The Balaban J connectivity index is 4.62. The van der Waals surface area contributed by atoms with Crippen LogP contribution in [0, 0.1) is 0 Å². The van der Waals surface area contributed by atoms with Crippen molar-refractivity contribution in [2.75, 3.05) is 12.9 Å². The maximum Gasteiger partial charge on any atom is 0.330 e. The summed E-state index contributed by atoms with van der Waals surface area (Å²) in [6, 6.07) is 0. The normalized spacial score (nSPS) is 14.3. The van der Waals surface area contributed by atoms with Crippen LogP contribution in [0.5, 0.6) is 0 Å². The van der Waals surface area contributed by atoms with Gasteiger partial charge in [-0.05, 0) is 27.2 Å². The second kappa shape index (κ2) is 8.35. The number of carboxylic acids is 1. The fourth-order valence-corrected chi connectivity index (χ4v) is 1.83. The number of carboxylic acid groups (broad SMARTS) is 1. The topological polar surface area (TPSA) is 72.8 Å². The van der Waals surface area contributed by atoms with E-state index in [2.05, 4.69) is 0 Å². The van der Waals surface area contributed by atoms with Crippen molar-refractivity contribution in [1.82, 2.24) is 0 Å². The van der Waals surface area contributed by atoms with Crippen LogP contribution < -0.4 is 0 Å². The number of hydrogen-bond acceptors (Lipinski definition) is 5. The zero-order valence-corrected chi connectivity index (χ0v) is 12.9. The number of ether oxygens (including phenoxy) is 2. The highest BCUT2D eigenvalue weighted by Crippen LogP contribution is 2.19. The van der Waals surface area contributed by atoms with E-state index >= 15 is 0 Å². The first kappa shape index (κ1) is 18.1. The number of carbonyl (C=O) groups is 2. The van der Waals surface area contributed by atoms with Crippen molar-refractivity contribution >= 4 is 22.8 Å². The molecule has 0 aromatic carbocycles. The summed E-state index contributed by atoms with van der Waals surface area (Å²) < 4.78 is 10.9. The van der Waals surface area contributed by atoms with E-state index in [9.17, 15) is 9.59 Å². The van der Waals surface area contributed by atoms with E-state index in [0.717, 1.165) is 11.8 Å². The number of thioether (sulfide) groups is 1. The van der Waals surface area contributed by atoms with Crippen molar-refractivity contribution in [3.05, 3.63) is 11.6 Å². The molecule has 0 spiro atoms. The largest absolute Gasteiger partial charge is 0.478 e. The molecule has 0 rings (SSSR count). The summed E-state index contributed by atoms with van der Waals surface area (Å²) in [5.41, 5.74) is 0.261. The Hall–Kier alpha value is -0.850. The molecule has 0 saturated carbocycles. The molecule has 0 saturated heterocycles. The van der Waals surface area contributed by atoms with Crippen LogP contribution >= 0.6 is 11.8 Å². The Kier molecular flexibility index (Phi) is 7.97. The molecular weight excluding hydrogens is 268 g/mol. The molecule has 0 aromatic rings. The molecule has 5 nitrogen and oxygen atoms in total. The molecule has 0 heterocycles. The summed E-state index contributed by atoms with van der Waals surface area (Å²) in [6.07, 6.45) is 1.74. The SMILES string of the molecule is COC(C)(C)OC(CC=C(C)C(=O)O)CSC(C)=O. The summed E-state index contributed by atoms with van der Waals surface area (Å²) in [5, 5.41) is 8.80. The zero-order chi connectivity index (χ0) is 15.1. The van der Waals surface area contributed by atoms with Gasteiger partial charge < -0.3 is 14.6 Å². The van der Waals surface area contributed by atoms with E-state index in [-0.39, 0.29) is 16.8 Å². The van der Waals surface area contributed by atoms with Gasteiger partial charge in [-0.15, -0.1) is 0 Å². The van der Waals surface area contributed by atoms with Crippen LogP contribution in [0.1, 0.15) is 34.1 Å².